The summed E-state index contributed by atoms with van der Waals surface area (Å²) in [6.45, 7) is 6.36. The van der Waals surface area contributed by atoms with Gasteiger partial charge in [0.15, 0.2) is 0 Å². The molecule has 1 saturated heterocycles. The highest BCUT2D eigenvalue weighted by molar-refractivity contribution is 7.89. The number of carbonyl (C=O) groups excluding carboxylic acids is 1. The van der Waals surface area contributed by atoms with Crippen LogP contribution in [0.25, 0.3) is 0 Å². The van der Waals surface area contributed by atoms with Crippen LogP contribution in [0, 0.1) is 5.92 Å². The Bertz CT molecular complexity index is 890. The Kier molecular flexibility index (Phi) is 7.83. The Hall–Kier alpha value is -1.74. The van der Waals surface area contributed by atoms with Gasteiger partial charge in [-0.05, 0) is 74.5 Å². The second-order valence-electron chi connectivity index (χ2n) is 7.57. The maximum Gasteiger partial charge on any atom is 0.251 e. The zero-order chi connectivity index (χ0) is 20.7. The summed E-state index contributed by atoms with van der Waals surface area (Å²) in [5.74, 6) is 0.571. The zero-order valence-corrected chi connectivity index (χ0v) is 18.4. The van der Waals surface area contributed by atoms with E-state index in [1.807, 2.05) is 17.5 Å². The van der Waals surface area contributed by atoms with E-state index >= 15 is 0 Å². The van der Waals surface area contributed by atoms with E-state index < -0.39 is 10.0 Å². The summed E-state index contributed by atoms with van der Waals surface area (Å²) in [7, 11) is -3.67. The lowest BCUT2D eigenvalue weighted by Crippen LogP contribution is -2.35. The van der Waals surface area contributed by atoms with Crippen molar-refractivity contribution in [2.24, 2.45) is 5.92 Å². The van der Waals surface area contributed by atoms with E-state index in [0.717, 1.165) is 36.9 Å². The van der Waals surface area contributed by atoms with Crippen molar-refractivity contribution in [2.45, 2.75) is 37.6 Å². The molecule has 2 heterocycles. The first kappa shape index (κ1) is 22.0. The zero-order valence-electron chi connectivity index (χ0n) is 16.8. The van der Waals surface area contributed by atoms with Gasteiger partial charge in [0.25, 0.3) is 5.91 Å². The second-order valence-corrected chi connectivity index (χ2v) is 10.4. The van der Waals surface area contributed by atoms with Crippen LogP contribution in [0.5, 0.6) is 0 Å². The third-order valence-corrected chi connectivity index (χ3v) is 7.51. The highest BCUT2D eigenvalue weighted by atomic mass is 32.2. The van der Waals surface area contributed by atoms with Crippen LogP contribution >= 0.6 is 11.3 Å². The minimum absolute atomic E-state index is 0.101. The molecule has 3 rings (SSSR count). The Morgan fingerprint density at radius 3 is 2.72 bits per heavy atom. The lowest BCUT2D eigenvalue weighted by Gasteiger charge is -2.30. The molecule has 29 heavy (non-hydrogen) atoms. The molecule has 0 unspecified atom stereocenters. The Balaban J connectivity index is 1.48. The minimum Gasteiger partial charge on any atom is -0.352 e. The number of piperidine rings is 1. The average Bonchev–Trinajstić information content (AvgIpc) is 3.25. The highest BCUT2D eigenvalue weighted by Crippen LogP contribution is 2.16. The molecule has 1 aliphatic rings. The topological polar surface area (TPSA) is 78.5 Å². The summed E-state index contributed by atoms with van der Waals surface area (Å²) in [6.07, 6.45) is 3.38. The first-order chi connectivity index (χ1) is 13.9. The van der Waals surface area contributed by atoms with Crippen molar-refractivity contribution in [1.82, 2.24) is 14.9 Å². The summed E-state index contributed by atoms with van der Waals surface area (Å²) in [5.41, 5.74) is 0.357. The second kappa shape index (κ2) is 10.3. The maximum atomic E-state index is 12.5. The molecule has 0 spiro atoms. The van der Waals surface area contributed by atoms with E-state index in [0.29, 0.717) is 12.1 Å². The molecule has 6 nitrogen and oxygen atoms in total. The summed E-state index contributed by atoms with van der Waals surface area (Å²) in [4.78, 5) is 15.9. The van der Waals surface area contributed by atoms with Crippen LogP contribution in [0.4, 0.5) is 0 Å². The quantitative estimate of drug-likeness (QED) is 0.594. The van der Waals surface area contributed by atoms with Crippen LogP contribution in [0.1, 0.15) is 41.4 Å². The monoisotopic (exact) mass is 435 g/mol. The number of hydrogen-bond donors (Lipinski definition) is 2. The molecule has 8 heteroatoms. The van der Waals surface area contributed by atoms with Crippen LogP contribution in [0.3, 0.4) is 0 Å². The maximum absolute atomic E-state index is 12.5. The number of amides is 1. The van der Waals surface area contributed by atoms with E-state index in [-0.39, 0.29) is 17.3 Å². The predicted molar refractivity (Wildman–Crippen MR) is 117 cm³/mol. The number of benzene rings is 1. The Morgan fingerprint density at radius 1 is 1.21 bits per heavy atom. The van der Waals surface area contributed by atoms with Crippen molar-refractivity contribution in [3.8, 4) is 0 Å². The normalized spacial score (nSPS) is 16.0. The van der Waals surface area contributed by atoms with E-state index in [1.165, 1.54) is 36.3 Å². The van der Waals surface area contributed by atoms with Gasteiger partial charge in [0.2, 0.25) is 10.0 Å². The lowest BCUT2D eigenvalue weighted by atomic mass is 9.99. The van der Waals surface area contributed by atoms with Crippen molar-refractivity contribution in [3.05, 3.63) is 52.2 Å². The fourth-order valence-electron chi connectivity index (χ4n) is 3.36. The molecule has 0 radical (unpaired) electrons. The van der Waals surface area contributed by atoms with E-state index in [9.17, 15) is 13.2 Å². The number of sulfonamides is 1. The van der Waals surface area contributed by atoms with Crippen LogP contribution < -0.4 is 10.0 Å². The molecule has 1 aliphatic heterocycles. The smallest absolute Gasteiger partial charge is 0.251 e. The number of nitrogens with one attached hydrogen (secondary N) is 2. The Labute approximate surface area is 177 Å². The fraction of sp³-hybridized carbons (Fsp3) is 0.476. The van der Waals surface area contributed by atoms with Gasteiger partial charge in [-0.1, -0.05) is 19.1 Å². The first-order valence-corrected chi connectivity index (χ1v) is 12.4. The SMILES string of the molecule is CC1CCN(CCCNC(=O)c2cccc(S(=O)(=O)NCc3cccs3)c2)CC1. The number of carbonyl (C=O) groups is 1. The molecule has 1 aromatic carbocycles. The molecule has 1 fully saturated rings. The predicted octanol–water partition coefficient (Wildman–Crippen LogP) is 3.08. The molecule has 2 aromatic rings. The third-order valence-electron chi connectivity index (χ3n) is 5.24. The number of rotatable bonds is 9. The lowest BCUT2D eigenvalue weighted by molar-refractivity contribution is 0.0950. The van der Waals surface area contributed by atoms with Gasteiger partial charge in [-0.2, -0.15) is 0 Å². The number of likely N-dealkylation sites (tertiary alicyclic amines) is 1. The van der Waals surface area contributed by atoms with Gasteiger partial charge in [-0.25, -0.2) is 13.1 Å². The van der Waals surface area contributed by atoms with Gasteiger partial charge < -0.3 is 10.2 Å². The Morgan fingerprint density at radius 2 is 2.00 bits per heavy atom. The van der Waals surface area contributed by atoms with E-state index in [4.69, 9.17) is 0 Å². The molecule has 158 valence electrons. The number of thiophene rings is 1. The summed E-state index contributed by atoms with van der Waals surface area (Å²) in [6, 6.07) is 9.93. The van der Waals surface area contributed by atoms with E-state index in [1.54, 1.807) is 12.1 Å². The third kappa shape index (κ3) is 6.64. The molecule has 0 atom stereocenters. The van der Waals surface area contributed by atoms with Crippen LogP contribution in [0.2, 0.25) is 0 Å². The van der Waals surface area contributed by atoms with Gasteiger partial charge in [0.1, 0.15) is 0 Å². The van der Waals surface area contributed by atoms with Crippen LogP contribution in [-0.4, -0.2) is 45.4 Å². The van der Waals surface area contributed by atoms with Crippen molar-refractivity contribution in [2.75, 3.05) is 26.2 Å². The molecule has 0 bridgehead atoms. The van der Waals surface area contributed by atoms with Crippen molar-refractivity contribution in [1.29, 1.82) is 0 Å². The van der Waals surface area contributed by atoms with Gasteiger partial charge in [0, 0.05) is 23.5 Å². The molecule has 2 N–H and O–H groups in total. The summed E-state index contributed by atoms with van der Waals surface area (Å²) < 4.78 is 27.6. The average molecular weight is 436 g/mol. The molecular formula is C21H29N3O3S2. The molecule has 1 amide bonds. The van der Waals surface area contributed by atoms with Gasteiger partial charge in [-0.15, -0.1) is 11.3 Å². The van der Waals surface area contributed by atoms with Gasteiger partial charge >= 0.3 is 0 Å². The summed E-state index contributed by atoms with van der Waals surface area (Å²) in [5, 5.41) is 4.80. The van der Waals surface area contributed by atoms with Crippen LogP contribution in [0.15, 0.2) is 46.7 Å². The van der Waals surface area contributed by atoms with Gasteiger partial charge in [0.05, 0.1) is 4.90 Å². The molecule has 1 aromatic heterocycles. The highest BCUT2D eigenvalue weighted by Gasteiger charge is 2.17. The number of hydrogen-bond acceptors (Lipinski definition) is 5. The van der Waals surface area contributed by atoms with E-state index in [2.05, 4.69) is 21.9 Å². The molecule has 0 aliphatic carbocycles. The van der Waals surface area contributed by atoms with Crippen molar-refractivity contribution >= 4 is 27.3 Å². The first-order valence-electron chi connectivity index (χ1n) is 10.1. The van der Waals surface area contributed by atoms with Gasteiger partial charge in [-0.3, -0.25) is 4.79 Å². The van der Waals surface area contributed by atoms with Crippen molar-refractivity contribution < 1.29 is 13.2 Å². The number of nitrogens with zero attached hydrogens (tertiary/aromatic N) is 1. The summed E-state index contributed by atoms with van der Waals surface area (Å²) >= 11 is 1.49. The van der Waals surface area contributed by atoms with Crippen LogP contribution in [-0.2, 0) is 16.6 Å². The fourth-order valence-corrected chi connectivity index (χ4v) is 5.15. The van der Waals surface area contributed by atoms with Crippen molar-refractivity contribution in [3.63, 3.8) is 0 Å². The minimum atomic E-state index is -3.67. The largest absolute Gasteiger partial charge is 0.352 e. The molecular weight excluding hydrogens is 406 g/mol. The molecule has 0 saturated carbocycles. The standard InChI is InChI=1S/C21H29N3O3S2/c1-17-8-12-24(13-9-17)11-4-10-22-21(25)18-5-2-7-20(15-18)29(26,27)23-16-19-6-3-14-28-19/h2-3,5-7,14-15,17,23H,4,8-13,16H2,1H3,(H,22,25).